The molecule has 0 unspecified atom stereocenters. The molecule has 120 valence electrons. The van der Waals surface area contributed by atoms with Crippen molar-refractivity contribution in [2.24, 2.45) is 0 Å². The van der Waals surface area contributed by atoms with Crippen molar-refractivity contribution in [1.29, 1.82) is 0 Å². The second-order valence-corrected chi connectivity index (χ2v) is 5.92. The number of nitrogen functional groups attached to an aromatic ring is 1. The van der Waals surface area contributed by atoms with E-state index in [9.17, 15) is 9.59 Å². The van der Waals surface area contributed by atoms with E-state index >= 15 is 0 Å². The maximum absolute atomic E-state index is 12.3. The van der Waals surface area contributed by atoms with Gasteiger partial charge in [-0.15, -0.1) is 0 Å². The summed E-state index contributed by atoms with van der Waals surface area (Å²) in [5.41, 5.74) is 9.64. The Morgan fingerprint density at radius 2 is 1.70 bits per heavy atom. The average molecular weight is 332 g/mol. The molecule has 2 aromatic carbocycles. The Kier molecular flexibility index (Phi) is 5.06. The fourth-order valence-corrected chi connectivity index (χ4v) is 2.69. The van der Waals surface area contributed by atoms with Crippen LogP contribution in [0.3, 0.4) is 0 Å². The topological polar surface area (TPSA) is 69.4 Å². The van der Waals surface area contributed by atoms with E-state index < -0.39 is 5.97 Å². The van der Waals surface area contributed by atoms with Crippen LogP contribution in [0.2, 0.25) is 5.02 Å². The number of carbonyl (C=O) groups is 2. The zero-order valence-corrected chi connectivity index (χ0v) is 14.0. The van der Waals surface area contributed by atoms with Gasteiger partial charge in [0.05, 0.1) is 16.3 Å². The molecule has 23 heavy (non-hydrogen) atoms. The van der Waals surface area contributed by atoms with Crippen molar-refractivity contribution < 1.29 is 14.3 Å². The van der Waals surface area contributed by atoms with E-state index in [-0.39, 0.29) is 23.6 Å². The van der Waals surface area contributed by atoms with Gasteiger partial charge < -0.3 is 10.5 Å². The minimum absolute atomic E-state index is 0.227. The first kappa shape index (κ1) is 17.0. The van der Waals surface area contributed by atoms with E-state index in [0.717, 1.165) is 16.7 Å². The van der Waals surface area contributed by atoms with E-state index in [1.165, 1.54) is 18.2 Å². The number of rotatable bonds is 4. The summed E-state index contributed by atoms with van der Waals surface area (Å²) in [6, 6.07) is 8.32. The maximum atomic E-state index is 12.3. The van der Waals surface area contributed by atoms with E-state index in [1.807, 2.05) is 32.9 Å². The highest BCUT2D eigenvalue weighted by Crippen LogP contribution is 2.20. The van der Waals surface area contributed by atoms with Crippen LogP contribution in [0.1, 0.15) is 37.4 Å². The Balaban J connectivity index is 2.10. The zero-order chi connectivity index (χ0) is 17.1. The van der Waals surface area contributed by atoms with Crippen molar-refractivity contribution in [2.45, 2.75) is 20.8 Å². The molecule has 0 atom stereocenters. The van der Waals surface area contributed by atoms with Gasteiger partial charge in [-0.05, 0) is 50.1 Å². The van der Waals surface area contributed by atoms with Crippen molar-refractivity contribution in [3.63, 3.8) is 0 Å². The lowest BCUT2D eigenvalue weighted by molar-refractivity contribution is 0.0474. The molecule has 0 saturated heterocycles. The van der Waals surface area contributed by atoms with Gasteiger partial charge >= 0.3 is 5.97 Å². The van der Waals surface area contributed by atoms with Gasteiger partial charge in [-0.2, -0.15) is 0 Å². The van der Waals surface area contributed by atoms with Crippen molar-refractivity contribution in [1.82, 2.24) is 0 Å². The van der Waals surface area contributed by atoms with Gasteiger partial charge in [0.2, 0.25) is 5.78 Å². The molecule has 0 aliphatic heterocycles. The fraction of sp³-hybridized carbons (Fsp3) is 0.222. The second-order valence-electron chi connectivity index (χ2n) is 5.51. The summed E-state index contributed by atoms with van der Waals surface area (Å²) in [7, 11) is 0. The number of anilines is 1. The lowest BCUT2D eigenvalue weighted by Crippen LogP contribution is -2.16. The van der Waals surface area contributed by atoms with Crippen LogP contribution in [0.4, 0.5) is 5.69 Å². The van der Waals surface area contributed by atoms with Gasteiger partial charge in [0, 0.05) is 5.56 Å². The summed E-state index contributed by atoms with van der Waals surface area (Å²) in [5.74, 6) is -0.834. The van der Waals surface area contributed by atoms with Crippen LogP contribution in [-0.2, 0) is 4.74 Å². The second kappa shape index (κ2) is 6.84. The fourth-order valence-electron chi connectivity index (χ4n) is 2.58. The molecule has 0 spiro atoms. The van der Waals surface area contributed by atoms with Crippen LogP contribution >= 0.6 is 11.6 Å². The largest absolute Gasteiger partial charge is 0.454 e. The number of ether oxygens (including phenoxy) is 1. The molecule has 4 nitrogen and oxygen atoms in total. The molecule has 2 aromatic rings. The van der Waals surface area contributed by atoms with Gasteiger partial charge in [-0.25, -0.2) is 4.79 Å². The van der Waals surface area contributed by atoms with E-state index in [2.05, 4.69) is 0 Å². The average Bonchev–Trinajstić information content (AvgIpc) is 2.46. The number of hydrogen-bond acceptors (Lipinski definition) is 4. The van der Waals surface area contributed by atoms with Gasteiger partial charge in [0.25, 0.3) is 0 Å². The molecule has 5 heteroatoms. The SMILES string of the molecule is Cc1cc(C)c(C(=O)COC(=O)c2ccc(Cl)c(N)c2)c(C)c1. The van der Waals surface area contributed by atoms with Gasteiger partial charge in [0.1, 0.15) is 0 Å². The number of carbonyl (C=O) groups excluding carboxylic acids is 2. The van der Waals surface area contributed by atoms with E-state index in [1.54, 1.807) is 0 Å². The molecule has 0 fully saturated rings. The van der Waals surface area contributed by atoms with Crippen molar-refractivity contribution in [3.8, 4) is 0 Å². The predicted octanol–water partition coefficient (Wildman–Crippen LogP) is 3.89. The summed E-state index contributed by atoms with van der Waals surface area (Å²) in [6.07, 6.45) is 0. The van der Waals surface area contributed by atoms with Crippen molar-refractivity contribution in [3.05, 3.63) is 63.2 Å². The molecule has 0 aliphatic rings. The first-order chi connectivity index (χ1) is 10.8. The third-order valence-corrected chi connectivity index (χ3v) is 3.87. The predicted molar refractivity (Wildman–Crippen MR) is 91.1 cm³/mol. The maximum Gasteiger partial charge on any atom is 0.338 e. The van der Waals surface area contributed by atoms with Crippen LogP contribution in [0.15, 0.2) is 30.3 Å². The van der Waals surface area contributed by atoms with Crippen LogP contribution in [-0.4, -0.2) is 18.4 Å². The number of Topliss-reactive ketones (excluding diaryl/α,β-unsaturated/α-hetero) is 1. The highest BCUT2D eigenvalue weighted by Gasteiger charge is 2.16. The van der Waals surface area contributed by atoms with E-state index in [4.69, 9.17) is 22.1 Å². The van der Waals surface area contributed by atoms with Gasteiger partial charge in [-0.3, -0.25) is 4.79 Å². The number of nitrogens with two attached hydrogens (primary N) is 1. The quantitative estimate of drug-likeness (QED) is 0.524. The lowest BCUT2D eigenvalue weighted by atomic mass is 9.97. The number of ketones is 1. The number of benzene rings is 2. The number of hydrogen-bond donors (Lipinski definition) is 1. The molecular formula is C18H18ClNO3. The normalized spacial score (nSPS) is 10.4. The van der Waals surface area contributed by atoms with E-state index in [0.29, 0.717) is 10.6 Å². The van der Waals surface area contributed by atoms with Crippen molar-refractivity contribution in [2.75, 3.05) is 12.3 Å². The standard InChI is InChI=1S/C18H18ClNO3/c1-10-6-11(2)17(12(3)7-10)16(21)9-23-18(22)13-4-5-14(19)15(20)8-13/h4-8H,9,20H2,1-3H3. The molecule has 0 amide bonds. The molecule has 0 heterocycles. The highest BCUT2D eigenvalue weighted by molar-refractivity contribution is 6.33. The molecule has 0 aliphatic carbocycles. The van der Waals surface area contributed by atoms with Crippen LogP contribution in [0.25, 0.3) is 0 Å². The summed E-state index contributed by atoms with van der Waals surface area (Å²) in [4.78, 5) is 24.3. The molecule has 2 rings (SSSR count). The zero-order valence-electron chi connectivity index (χ0n) is 13.3. The summed E-state index contributed by atoms with van der Waals surface area (Å²) < 4.78 is 5.09. The third-order valence-electron chi connectivity index (χ3n) is 3.52. The summed E-state index contributed by atoms with van der Waals surface area (Å²) in [5, 5.41) is 0.364. The molecule has 2 N–H and O–H groups in total. The number of esters is 1. The molecular weight excluding hydrogens is 314 g/mol. The van der Waals surface area contributed by atoms with Gasteiger partial charge in [-0.1, -0.05) is 29.3 Å². The Morgan fingerprint density at radius 3 is 2.26 bits per heavy atom. The van der Waals surface area contributed by atoms with Crippen LogP contribution < -0.4 is 5.73 Å². The van der Waals surface area contributed by atoms with Crippen LogP contribution in [0, 0.1) is 20.8 Å². The molecule has 0 bridgehead atoms. The minimum atomic E-state index is -0.607. The van der Waals surface area contributed by atoms with Crippen LogP contribution in [0.5, 0.6) is 0 Å². The first-order valence-electron chi connectivity index (χ1n) is 7.12. The van der Waals surface area contributed by atoms with Gasteiger partial charge in [0.15, 0.2) is 6.61 Å². The highest BCUT2D eigenvalue weighted by atomic mass is 35.5. The Labute approximate surface area is 140 Å². The molecule has 0 aromatic heterocycles. The van der Waals surface area contributed by atoms with Crippen molar-refractivity contribution >= 4 is 29.0 Å². The third kappa shape index (κ3) is 3.90. The summed E-state index contributed by atoms with van der Waals surface area (Å²) in [6.45, 7) is 5.40. The minimum Gasteiger partial charge on any atom is -0.454 e. The lowest BCUT2D eigenvalue weighted by Gasteiger charge is -2.11. The monoisotopic (exact) mass is 331 g/mol. The number of aryl methyl sites for hydroxylation is 3. The Morgan fingerprint density at radius 1 is 1.09 bits per heavy atom. The molecule has 0 saturated carbocycles. The number of halogens is 1. The first-order valence-corrected chi connectivity index (χ1v) is 7.50. The Hall–Kier alpha value is -2.33. The Bertz CT molecular complexity index is 761. The smallest absolute Gasteiger partial charge is 0.338 e. The summed E-state index contributed by atoms with van der Waals surface area (Å²) >= 11 is 5.81. The molecule has 0 radical (unpaired) electrons.